The van der Waals surface area contributed by atoms with Crippen LogP contribution in [-0.2, 0) is 11.1 Å². The molecule has 1 atom stereocenters. The molecule has 3 aromatic rings. The summed E-state index contributed by atoms with van der Waals surface area (Å²) in [6.45, 7) is 3.53. The Morgan fingerprint density at radius 2 is 1.30 bits per heavy atom. The number of phosphoric ester groups is 1. The van der Waals surface area contributed by atoms with E-state index in [0.717, 1.165) is 18.4 Å². The summed E-state index contributed by atoms with van der Waals surface area (Å²) in [4.78, 5) is 10.3. The Morgan fingerprint density at radius 3 is 1.90 bits per heavy atom. The van der Waals surface area contributed by atoms with Crippen LogP contribution in [0.1, 0.15) is 102 Å². The van der Waals surface area contributed by atoms with Gasteiger partial charge in [0.05, 0.1) is 12.0 Å². The number of hydrogen-bond donors (Lipinski definition) is 1. The minimum Gasteiger partial charge on any atom is -0.493 e. The molecule has 0 saturated heterocycles. The van der Waals surface area contributed by atoms with Gasteiger partial charge in [-0.2, -0.15) is 4.57 Å². The lowest BCUT2D eigenvalue weighted by Gasteiger charge is -2.15. The fourth-order valence-corrected chi connectivity index (χ4v) is 6.05. The maximum atomic E-state index is 12.7. The summed E-state index contributed by atoms with van der Waals surface area (Å²) in [5, 5.41) is 1.99. The number of hydrogen-bond acceptors (Lipinski definition) is 5. The van der Waals surface area contributed by atoms with E-state index in [1.54, 1.807) is 47.7 Å². The first-order valence-electron chi connectivity index (χ1n) is 15.0. The number of phosphoric acid groups is 1. The molecular formula is C32H47NO5PS+. The highest BCUT2D eigenvalue weighted by molar-refractivity contribution is 7.48. The third-order valence-electron chi connectivity index (χ3n) is 6.80. The van der Waals surface area contributed by atoms with E-state index in [1.165, 1.54) is 77.0 Å². The molecule has 0 amide bonds. The predicted octanol–water partition coefficient (Wildman–Crippen LogP) is 9.50. The summed E-state index contributed by atoms with van der Waals surface area (Å²) in [6, 6.07) is 13.9. The van der Waals surface area contributed by atoms with Crippen molar-refractivity contribution in [1.29, 1.82) is 0 Å². The summed E-state index contributed by atoms with van der Waals surface area (Å²) in [5.41, 5.74) is 2.96. The van der Waals surface area contributed by atoms with Crippen LogP contribution in [0.25, 0.3) is 0 Å². The Labute approximate surface area is 245 Å². The smallest absolute Gasteiger partial charge is 0.493 e. The van der Waals surface area contributed by atoms with E-state index in [1.807, 2.05) is 33.8 Å². The Hall–Kier alpha value is -2.34. The van der Waals surface area contributed by atoms with Crippen molar-refractivity contribution in [3.8, 4) is 17.2 Å². The summed E-state index contributed by atoms with van der Waals surface area (Å²) >= 11 is 1.61. The summed E-state index contributed by atoms with van der Waals surface area (Å²) in [6.07, 6.45) is 20.5. The van der Waals surface area contributed by atoms with Crippen molar-refractivity contribution < 1.29 is 27.8 Å². The van der Waals surface area contributed by atoms with Crippen molar-refractivity contribution in [2.45, 2.75) is 103 Å². The molecule has 0 fully saturated rings. The number of benzene rings is 2. The first kappa shape index (κ1) is 32.2. The average molecular weight is 589 g/mol. The van der Waals surface area contributed by atoms with Crippen molar-refractivity contribution in [2.75, 3.05) is 6.61 Å². The summed E-state index contributed by atoms with van der Waals surface area (Å²) in [7, 11) is -4.37. The van der Waals surface area contributed by atoms with Crippen molar-refractivity contribution in [2.24, 2.45) is 0 Å². The van der Waals surface area contributed by atoms with Gasteiger partial charge in [0, 0.05) is 11.6 Å². The Kier molecular flexibility index (Phi) is 15.2. The third kappa shape index (κ3) is 13.8. The number of nitrogens with zero attached hydrogens (tertiary/aromatic N) is 1. The van der Waals surface area contributed by atoms with Gasteiger partial charge in [0.15, 0.2) is 12.7 Å². The molecular weight excluding hydrogens is 541 g/mol. The first-order valence-corrected chi connectivity index (χ1v) is 17.4. The number of unbranched alkanes of at least 4 members (excludes halogenated alkanes) is 13. The van der Waals surface area contributed by atoms with Crippen LogP contribution >= 0.6 is 19.2 Å². The van der Waals surface area contributed by atoms with Gasteiger partial charge in [-0.15, -0.1) is 0 Å². The largest absolute Gasteiger partial charge is 0.584 e. The topological polar surface area (TPSA) is 68.9 Å². The van der Waals surface area contributed by atoms with Crippen molar-refractivity contribution >= 4 is 19.2 Å². The maximum absolute atomic E-state index is 12.7. The molecule has 1 N–H and O–H groups in total. The number of aromatic nitrogens is 1. The molecule has 0 aliphatic carbocycles. The normalized spacial score (nSPS) is 12.7. The quantitative estimate of drug-likeness (QED) is 0.0719. The second-order valence-electron chi connectivity index (χ2n) is 10.4. The number of ether oxygens (including phenoxy) is 1. The van der Waals surface area contributed by atoms with E-state index in [4.69, 9.17) is 13.8 Å². The molecule has 1 heterocycles. The second-order valence-corrected chi connectivity index (χ2v) is 12.5. The zero-order valence-electron chi connectivity index (χ0n) is 24.0. The van der Waals surface area contributed by atoms with Crippen LogP contribution in [-0.4, -0.2) is 11.5 Å². The van der Waals surface area contributed by atoms with Crippen LogP contribution in [0.15, 0.2) is 65.6 Å². The highest BCUT2D eigenvalue weighted by Crippen LogP contribution is 2.45. The van der Waals surface area contributed by atoms with E-state index >= 15 is 0 Å². The molecule has 0 aliphatic rings. The van der Waals surface area contributed by atoms with Crippen molar-refractivity contribution in [3.05, 3.63) is 71.2 Å². The van der Waals surface area contributed by atoms with Crippen LogP contribution in [0.5, 0.6) is 17.2 Å². The van der Waals surface area contributed by atoms with E-state index < -0.39 is 7.82 Å². The van der Waals surface area contributed by atoms with Crippen LogP contribution in [0.3, 0.4) is 0 Å². The van der Waals surface area contributed by atoms with Crippen LogP contribution in [0.2, 0.25) is 0 Å². The molecule has 220 valence electrons. The van der Waals surface area contributed by atoms with Gasteiger partial charge < -0.3 is 13.8 Å². The van der Waals surface area contributed by atoms with E-state index in [9.17, 15) is 9.46 Å². The minimum atomic E-state index is -4.37. The van der Waals surface area contributed by atoms with Crippen molar-refractivity contribution in [1.82, 2.24) is 0 Å². The molecule has 2 aromatic carbocycles. The molecule has 1 aromatic heterocycles. The van der Waals surface area contributed by atoms with Crippen LogP contribution in [0.4, 0.5) is 0 Å². The summed E-state index contributed by atoms with van der Waals surface area (Å²) in [5.74, 6) is 1.13. The average Bonchev–Trinajstić information content (AvgIpc) is 3.44. The van der Waals surface area contributed by atoms with Gasteiger partial charge in [-0.1, -0.05) is 120 Å². The SMILES string of the molecule is CCCCCCCCCCCCCCCCOc1cccc(OP(=O)(O)Oc2cccc(C[n+]3ccsc3)c2)c1. The Morgan fingerprint density at radius 1 is 0.750 bits per heavy atom. The molecule has 0 aliphatic heterocycles. The van der Waals surface area contributed by atoms with Gasteiger partial charge in [-0.25, -0.2) is 4.57 Å². The highest BCUT2D eigenvalue weighted by Gasteiger charge is 2.25. The minimum absolute atomic E-state index is 0.231. The highest BCUT2D eigenvalue weighted by atomic mass is 32.1. The lowest BCUT2D eigenvalue weighted by atomic mass is 10.0. The zero-order chi connectivity index (χ0) is 28.3. The fourth-order valence-electron chi connectivity index (χ4n) is 4.66. The van der Waals surface area contributed by atoms with Crippen LogP contribution < -0.4 is 18.4 Å². The van der Waals surface area contributed by atoms with Gasteiger partial charge in [-0.05, 0) is 30.7 Å². The summed E-state index contributed by atoms with van der Waals surface area (Å²) < 4.78 is 31.2. The maximum Gasteiger partial charge on any atom is 0.584 e. The molecule has 3 rings (SSSR count). The Balaban J connectivity index is 1.27. The van der Waals surface area contributed by atoms with Gasteiger partial charge in [0.1, 0.15) is 17.2 Å². The lowest BCUT2D eigenvalue weighted by molar-refractivity contribution is -0.683. The standard InChI is InChI=1S/C32H46NO5PS/c1-2-3-4-5-6-7-8-9-10-11-12-13-14-15-23-36-30-19-17-21-32(26-30)38-39(34,35)37-31-20-16-18-29(25-31)27-33-22-24-40-28-33/h16-22,24-26,28H,2-15,23,27H2,1H3/p+1. The van der Waals surface area contributed by atoms with E-state index in [2.05, 4.69) is 6.92 Å². The van der Waals surface area contributed by atoms with E-state index in [-0.39, 0.29) is 11.5 Å². The molecule has 0 radical (unpaired) electrons. The Bertz CT molecular complexity index is 1120. The monoisotopic (exact) mass is 588 g/mol. The van der Waals surface area contributed by atoms with Gasteiger partial charge in [0.25, 0.3) is 0 Å². The molecule has 0 spiro atoms. The number of rotatable bonds is 22. The predicted molar refractivity (Wildman–Crippen MR) is 163 cm³/mol. The molecule has 1 unspecified atom stereocenters. The fraction of sp³-hybridized carbons (Fsp3) is 0.531. The molecule has 6 nitrogen and oxygen atoms in total. The molecule has 8 heteroatoms. The first-order chi connectivity index (χ1) is 19.5. The second kappa shape index (κ2) is 18.9. The molecule has 0 bridgehead atoms. The zero-order valence-corrected chi connectivity index (χ0v) is 25.8. The van der Waals surface area contributed by atoms with Gasteiger partial charge in [-0.3, -0.25) is 4.89 Å². The third-order valence-corrected chi connectivity index (χ3v) is 8.36. The lowest BCUT2D eigenvalue weighted by Crippen LogP contribution is -2.30. The molecule has 0 saturated carbocycles. The van der Waals surface area contributed by atoms with Gasteiger partial charge in [0.2, 0.25) is 5.51 Å². The van der Waals surface area contributed by atoms with Crippen molar-refractivity contribution in [3.63, 3.8) is 0 Å². The van der Waals surface area contributed by atoms with Crippen LogP contribution in [0, 0.1) is 0 Å². The van der Waals surface area contributed by atoms with E-state index in [0.29, 0.717) is 18.9 Å². The van der Waals surface area contributed by atoms with Gasteiger partial charge >= 0.3 is 7.82 Å². The molecule has 40 heavy (non-hydrogen) atoms. The number of thiazole rings is 1.